The summed E-state index contributed by atoms with van der Waals surface area (Å²) in [4.78, 5) is 21.0. The number of hydrogen-bond acceptors (Lipinski definition) is 5. The highest BCUT2D eigenvalue weighted by Gasteiger charge is 2.37. The van der Waals surface area contributed by atoms with Crippen LogP contribution in [0.2, 0.25) is 0 Å². The molecule has 0 unspecified atom stereocenters. The molecular weight excluding hydrogens is 293 g/mol. The van der Waals surface area contributed by atoms with Gasteiger partial charge in [0.05, 0.1) is 23.5 Å². The van der Waals surface area contributed by atoms with Gasteiger partial charge in [0.1, 0.15) is 11.6 Å². The fraction of sp³-hybridized carbons (Fsp3) is 0.333. The summed E-state index contributed by atoms with van der Waals surface area (Å²) in [6, 6.07) is 2.49. The molecule has 112 valence electrons. The van der Waals surface area contributed by atoms with Gasteiger partial charge in [-0.15, -0.1) is 0 Å². The lowest BCUT2D eigenvalue weighted by molar-refractivity contribution is -0.385. The fourth-order valence-electron chi connectivity index (χ4n) is 1.65. The number of nitriles is 1. The van der Waals surface area contributed by atoms with Crippen molar-refractivity contribution >= 4 is 11.7 Å². The Kier molecular flexibility index (Phi) is 4.86. The van der Waals surface area contributed by atoms with E-state index in [2.05, 4.69) is 4.74 Å². The van der Waals surface area contributed by atoms with E-state index < -0.39 is 40.3 Å². The summed E-state index contributed by atoms with van der Waals surface area (Å²) in [5.74, 6) is -0.815. The average Bonchev–Trinajstić information content (AvgIpc) is 2.36. The Balaban J connectivity index is 3.43. The van der Waals surface area contributed by atoms with Crippen molar-refractivity contribution in [3.8, 4) is 6.07 Å². The molecule has 0 aromatic heterocycles. The second-order valence-electron chi connectivity index (χ2n) is 3.89. The van der Waals surface area contributed by atoms with Crippen molar-refractivity contribution < 1.29 is 27.6 Å². The van der Waals surface area contributed by atoms with Crippen molar-refractivity contribution in [3.63, 3.8) is 0 Å². The first-order valence-corrected chi connectivity index (χ1v) is 5.65. The summed E-state index contributed by atoms with van der Waals surface area (Å²) in [5.41, 5.74) is -3.77. The lowest BCUT2D eigenvalue weighted by atomic mass is 10.0. The molecule has 1 rings (SSSR count). The molecule has 21 heavy (non-hydrogen) atoms. The molecule has 0 heterocycles. The van der Waals surface area contributed by atoms with E-state index in [0.29, 0.717) is 6.07 Å². The van der Waals surface area contributed by atoms with Crippen LogP contribution in [-0.4, -0.2) is 17.5 Å². The van der Waals surface area contributed by atoms with Crippen LogP contribution in [0.15, 0.2) is 12.1 Å². The number of halogens is 3. The van der Waals surface area contributed by atoms with Gasteiger partial charge in [0, 0.05) is 6.07 Å². The second kappa shape index (κ2) is 6.21. The van der Waals surface area contributed by atoms with Crippen LogP contribution in [0, 0.1) is 21.4 Å². The van der Waals surface area contributed by atoms with Gasteiger partial charge < -0.3 is 4.74 Å². The van der Waals surface area contributed by atoms with Gasteiger partial charge in [0.2, 0.25) is 0 Å². The van der Waals surface area contributed by atoms with Crippen LogP contribution in [0.1, 0.15) is 23.6 Å². The fourth-order valence-corrected chi connectivity index (χ4v) is 1.65. The number of nitro benzene ring substituents is 1. The van der Waals surface area contributed by atoms with Crippen LogP contribution < -0.4 is 0 Å². The molecule has 0 aliphatic heterocycles. The van der Waals surface area contributed by atoms with Gasteiger partial charge in [-0.2, -0.15) is 18.4 Å². The van der Waals surface area contributed by atoms with Gasteiger partial charge in [-0.1, -0.05) is 0 Å². The van der Waals surface area contributed by atoms with E-state index in [1.54, 1.807) is 0 Å². The number of benzene rings is 1. The molecule has 0 saturated carbocycles. The van der Waals surface area contributed by atoms with Crippen LogP contribution in [0.5, 0.6) is 0 Å². The van der Waals surface area contributed by atoms with E-state index in [-0.39, 0.29) is 12.2 Å². The van der Waals surface area contributed by atoms with Gasteiger partial charge in [-0.05, 0) is 18.6 Å². The van der Waals surface area contributed by atoms with Crippen molar-refractivity contribution in [1.82, 2.24) is 0 Å². The van der Waals surface area contributed by atoms with Crippen molar-refractivity contribution in [1.29, 1.82) is 5.26 Å². The predicted octanol–water partition coefficient (Wildman–Crippen LogP) is 2.59. The van der Waals surface area contributed by atoms with E-state index >= 15 is 0 Å². The zero-order valence-corrected chi connectivity index (χ0v) is 10.7. The Bertz CT molecular complexity index is 620. The Morgan fingerprint density at radius 2 is 2.10 bits per heavy atom. The standard InChI is InChI=1S/C12H9F3N2O4/c1-2-21-11(18)5-7-3-9(12(13,14)15)8(6-16)10(4-7)17(19)20/h3-4H,2,5H2,1H3. The maximum atomic E-state index is 12.9. The Labute approximate surface area is 116 Å². The van der Waals surface area contributed by atoms with Crippen LogP contribution >= 0.6 is 0 Å². The van der Waals surface area contributed by atoms with Crippen LogP contribution in [0.3, 0.4) is 0 Å². The van der Waals surface area contributed by atoms with Crippen molar-refractivity contribution in [2.24, 2.45) is 0 Å². The number of rotatable bonds is 4. The Morgan fingerprint density at radius 1 is 1.48 bits per heavy atom. The largest absolute Gasteiger partial charge is 0.466 e. The molecule has 1 aromatic carbocycles. The van der Waals surface area contributed by atoms with Gasteiger partial charge in [-0.3, -0.25) is 14.9 Å². The molecule has 0 aliphatic rings. The zero-order chi connectivity index (χ0) is 16.2. The number of carbonyl (C=O) groups is 1. The van der Waals surface area contributed by atoms with E-state index in [0.717, 1.165) is 6.07 Å². The molecule has 0 amide bonds. The first-order valence-electron chi connectivity index (χ1n) is 5.65. The Hall–Kier alpha value is -2.63. The monoisotopic (exact) mass is 302 g/mol. The number of esters is 1. The number of nitro groups is 1. The summed E-state index contributed by atoms with van der Waals surface area (Å²) in [6.45, 7) is 1.55. The number of hydrogen-bond donors (Lipinski definition) is 0. The van der Waals surface area contributed by atoms with Crippen molar-refractivity contribution in [2.75, 3.05) is 6.61 Å². The van der Waals surface area contributed by atoms with Crippen molar-refractivity contribution in [2.45, 2.75) is 19.5 Å². The minimum atomic E-state index is -4.94. The summed E-state index contributed by atoms with van der Waals surface area (Å²) < 4.78 is 43.1. The molecular formula is C12H9F3N2O4. The molecule has 6 nitrogen and oxygen atoms in total. The summed E-state index contributed by atoms with van der Waals surface area (Å²) in [7, 11) is 0. The maximum absolute atomic E-state index is 12.9. The molecule has 0 fully saturated rings. The molecule has 0 saturated heterocycles. The zero-order valence-electron chi connectivity index (χ0n) is 10.7. The first kappa shape index (κ1) is 16.4. The van der Waals surface area contributed by atoms with Gasteiger partial charge >= 0.3 is 12.1 Å². The molecule has 0 atom stereocenters. The third-order valence-electron chi connectivity index (χ3n) is 2.45. The third-order valence-corrected chi connectivity index (χ3v) is 2.45. The van der Waals surface area contributed by atoms with E-state index in [1.807, 2.05) is 0 Å². The Morgan fingerprint density at radius 3 is 2.52 bits per heavy atom. The molecule has 0 bridgehead atoms. The van der Waals surface area contributed by atoms with Crippen LogP contribution in [0.25, 0.3) is 0 Å². The highest BCUT2D eigenvalue weighted by Crippen LogP contribution is 2.36. The summed E-state index contributed by atoms with van der Waals surface area (Å²) in [6.07, 6.45) is -5.50. The van der Waals surface area contributed by atoms with Gasteiger partial charge in [0.25, 0.3) is 5.69 Å². The van der Waals surface area contributed by atoms with Crippen LogP contribution in [-0.2, 0) is 22.1 Å². The quantitative estimate of drug-likeness (QED) is 0.484. The topological polar surface area (TPSA) is 93.2 Å². The number of ether oxygens (including phenoxy) is 1. The number of alkyl halides is 3. The van der Waals surface area contributed by atoms with Gasteiger partial charge in [-0.25, -0.2) is 0 Å². The molecule has 0 aliphatic carbocycles. The van der Waals surface area contributed by atoms with Crippen molar-refractivity contribution in [3.05, 3.63) is 38.9 Å². The van der Waals surface area contributed by atoms with E-state index in [4.69, 9.17) is 5.26 Å². The van der Waals surface area contributed by atoms with Crippen LogP contribution in [0.4, 0.5) is 18.9 Å². The summed E-state index contributed by atoms with van der Waals surface area (Å²) in [5, 5.41) is 19.5. The first-order chi connectivity index (χ1) is 9.70. The minimum Gasteiger partial charge on any atom is -0.466 e. The smallest absolute Gasteiger partial charge is 0.417 e. The summed E-state index contributed by atoms with van der Waals surface area (Å²) >= 11 is 0. The molecule has 0 N–H and O–H groups in total. The normalized spacial score (nSPS) is 10.8. The lowest BCUT2D eigenvalue weighted by Crippen LogP contribution is -2.13. The molecule has 0 radical (unpaired) electrons. The maximum Gasteiger partial charge on any atom is 0.417 e. The van der Waals surface area contributed by atoms with E-state index in [9.17, 15) is 28.1 Å². The highest BCUT2D eigenvalue weighted by atomic mass is 19.4. The highest BCUT2D eigenvalue weighted by molar-refractivity contribution is 5.73. The molecule has 1 aromatic rings. The average molecular weight is 302 g/mol. The minimum absolute atomic E-state index is 0.0311. The SMILES string of the molecule is CCOC(=O)Cc1cc([N+](=O)[O-])c(C#N)c(C(F)(F)F)c1. The molecule has 9 heteroatoms. The number of nitrogens with zero attached hydrogens (tertiary/aromatic N) is 2. The number of carbonyl (C=O) groups excluding carboxylic acids is 1. The lowest BCUT2D eigenvalue weighted by Gasteiger charge is -2.11. The molecule has 0 spiro atoms. The predicted molar refractivity (Wildman–Crippen MR) is 63.2 cm³/mol. The second-order valence-corrected chi connectivity index (χ2v) is 3.89. The van der Waals surface area contributed by atoms with Gasteiger partial charge in [0.15, 0.2) is 0 Å². The van der Waals surface area contributed by atoms with E-state index in [1.165, 1.54) is 13.0 Å². The third kappa shape index (κ3) is 3.92.